The van der Waals surface area contributed by atoms with E-state index in [0.29, 0.717) is 18.4 Å². The standard InChI is InChI=1S/C13H28N2O/c1-5-12(6-2)10-15-13(16)8-7-9-14-11(3)4/h11-12,14H,5-10H2,1-4H3,(H,15,16). The van der Waals surface area contributed by atoms with Crippen LogP contribution in [0.4, 0.5) is 0 Å². The normalized spacial score (nSPS) is 11.1. The van der Waals surface area contributed by atoms with E-state index >= 15 is 0 Å². The van der Waals surface area contributed by atoms with E-state index in [1.165, 1.54) is 0 Å². The Hall–Kier alpha value is -0.570. The highest BCUT2D eigenvalue weighted by Gasteiger charge is 2.06. The number of rotatable bonds is 9. The molecule has 0 fully saturated rings. The topological polar surface area (TPSA) is 41.1 Å². The van der Waals surface area contributed by atoms with Gasteiger partial charge < -0.3 is 10.6 Å². The highest BCUT2D eigenvalue weighted by atomic mass is 16.1. The van der Waals surface area contributed by atoms with E-state index in [9.17, 15) is 4.79 Å². The zero-order valence-electron chi connectivity index (χ0n) is 11.3. The Morgan fingerprint density at radius 2 is 1.81 bits per heavy atom. The van der Waals surface area contributed by atoms with E-state index in [2.05, 4.69) is 38.3 Å². The first kappa shape index (κ1) is 15.4. The molecule has 0 unspecified atom stereocenters. The third-order valence-corrected chi connectivity index (χ3v) is 2.88. The first-order valence-corrected chi connectivity index (χ1v) is 6.60. The number of hydrogen-bond donors (Lipinski definition) is 2. The molecule has 0 aliphatic carbocycles. The Morgan fingerprint density at radius 3 is 2.31 bits per heavy atom. The van der Waals surface area contributed by atoms with Gasteiger partial charge in [-0.1, -0.05) is 40.5 Å². The maximum atomic E-state index is 11.5. The molecule has 0 atom stereocenters. The predicted octanol–water partition coefficient (Wildman–Crippen LogP) is 2.32. The van der Waals surface area contributed by atoms with Crippen LogP contribution in [0, 0.1) is 5.92 Å². The van der Waals surface area contributed by atoms with Crippen molar-refractivity contribution in [2.24, 2.45) is 5.92 Å². The first-order chi connectivity index (χ1) is 7.60. The minimum Gasteiger partial charge on any atom is -0.356 e. The molecule has 0 aliphatic heterocycles. The lowest BCUT2D eigenvalue weighted by atomic mass is 10.0. The highest BCUT2D eigenvalue weighted by Crippen LogP contribution is 2.05. The lowest BCUT2D eigenvalue weighted by Gasteiger charge is -2.13. The summed E-state index contributed by atoms with van der Waals surface area (Å²) in [6.07, 6.45) is 3.85. The fourth-order valence-electron chi connectivity index (χ4n) is 1.56. The van der Waals surface area contributed by atoms with Gasteiger partial charge in [-0.3, -0.25) is 4.79 Å². The van der Waals surface area contributed by atoms with Gasteiger partial charge in [0, 0.05) is 19.0 Å². The average molecular weight is 228 g/mol. The van der Waals surface area contributed by atoms with Crippen LogP contribution in [0.15, 0.2) is 0 Å². The lowest BCUT2D eigenvalue weighted by molar-refractivity contribution is -0.121. The summed E-state index contributed by atoms with van der Waals surface area (Å²) in [5.74, 6) is 0.829. The predicted molar refractivity (Wildman–Crippen MR) is 69.5 cm³/mol. The van der Waals surface area contributed by atoms with Crippen LogP contribution in [0.5, 0.6) is 0 Å². The van der Waals surface area contributed by atoms with Gasteiger partial charge >= 0.3 is 0 Å². The van der Waals surface area contributed by atoms with Crippen molar-refractivity contribution in [3.05, 3.63) is 0 Å². The van der Waals surface area contributed by atoms with Crippen LogP contribution < -0.4 is 10.6 Å². The van der Waals surface area contributed by atoms with E-state index < -0.39 is 0 Å². The molecule has 3 nitrogen and oxygen atoms in total. The second-order valence-corrected chi connectivity index (χ2v) is 4.70. The number of nitrogens with one attached hydrogen (secondary N) is 2. The van der Waals surface area contributed by atoms with Crippen LogP contribution >= 0.6 is 0 Å². The van der Waals surface area contributed by atoms with Crippen molar-refractivity contribution < 1.29 is 4.79 Å². The Bertz CT molecular complexity index is 177. The fraction of sp³-hybridized carbons (Fsp3) is 0.923. The van der Waals surface area contributed by atoms with Gasteiger partial charge in [-0.25, -0.2) is 0 Å². The van der Waals surface area contributed by atoms with Crippen molar-refractivity contribution >= 4 is 5.91 Å². The van der Waals surface area contributed by atoms with Gasteiger partial charge in [0.1, 0.15) is 0 Å². The summed E-state index contributed by atoms with van der Waals surface area (Å²) in [5.41, 5.74) is 0. The van der Waals surface area contributed by atoms with Gasteiger partial charge in [0.15, 0.2) is 0 Å². The molecule has 0 aromatic carbocycles. The minimum absolute atomic E-state index is 0.192. The van der Waals surface area contributed by atoms with Crippen LogP contribution in [0.3, 0.4) is 0 Å². The molecule has 0 heterocycles. The zero-order valence-corrected chi connectivity index (χ0v) is 11.3. The molecule has 0 saturated heterocycles. The molecule has 0 aromatic rings. The Morgan fingerprint density at radius 1 is 1.19 bits per heavy atom. The van der Waals surface area contributed by atoms with Crippen molar-refractivity contribution in [1.29, 1.82) is 0 Å². The molecule has 0 bridgehead atoms. The van der Waals surface area contributed by atoms with E-state index in [1.807, 2.05) is 0 Å². The molecular formula is C13H28N2O. The summed E-state index contributed by atoms with van der Waals surface area (Å²) in [5, 5.41) is 6.31. The largest absolute Gasteiger partial charge is 0.356 e. The average Bonchev–Trinajstić information content (AvgIpc) is 2.25. The first-order valence-electron chi connectivity index (χ1n) is 6.60. The van der Waals surface area contributed by atoms with Gasteiger partial charge in [0.25, 0.3) is 0 Å². The Kier molecular flexibility index (Phi) is 9.30. The SMILES string of the molecule is CCC(CC)CNC(=O)CCCNC(C)C. The minimum atomic E-state index is 0.192. The fourth-order valence-corrected chi connectivity index (χ4v) is 1.56. The maximum absolute atomic E-state index is 11.5. The number of carbonyl (C=O) groups excluding carboxylic acids is 1. The molecular weight excluding hydrogens is 200 g/mol. The zero-order chi connectivity index (χ0) is 12.4. The summed E-state index contributed by atoms with van der Waals surface area (Å²) in [4.78, 5) is 11.5. The smallest absolute Gasteiger partial charge is 0.220 e. The summed E-state index contributed by atoms with van der Waals surface area (Å²) >= 11 is 0. The second kappa shape index (κ2) is 9.64. The van der Waals surface area contributed by atoms with Crippen LogP contribution in [-0.2, 0) is 4.79 Å². The lowest BCUT2D eigenvalue weighted by Crippen LogP contribution is -2.30. The second-order valence-electron chi connectivity index (χ2n) is 4.70. The molecule has 0 aliphatic rings. The van der Waals surface area contributed by atoms with E-state index in [1.54, 1.807) is 0 Å². The maximum Gasteiger partial charge on any atom is 0.220 e. The summed E-state index contributed by atoms with van der Waals surface area (Å²) in [6.45, 7) is 10.3. The third kappa shape index (κ3) is 8.72. The quantitative estimate of drug-likeness (QED) is 0.595. The van der Waals surface area contributed by atoms with E-state index in [4.69, 9.17) is 0 Å². The number of amides is 1. The summed E-state index contributed by atoms with van der Waals surface area (Å²) < 4.78 is 0. The van der Waals surface area contributed by atoms with Crippen molar-refractivity contribution in [3.63, 3.8) is 0 Å². The third-order valence-electron chi connectivity index (χ3n) is 2.88. The number of hydrogen-bond acceptors (Lipinski definition) is 2. The molecule has 0 spiro atoms. The van der Waals surface area contributed by atoms with Crippen LogP contribution in [-0.4, -0.2) is 25.0 Å². The van der Waals surface area contributed by atoms with Crippen LogP contribution in [0.2, 0.25) is 0 Å². The Labute approximate surface area is 100 Å². The molecule has 0 radical (unpaired) electrons. The van der Waals surface area contributed by atoms with Crippen molar-refractivity contribution in [3.8, 4) is 0 Å². The van der Waals surface area contributed by atoms with Gasteiger partial charge in [0.05, 0.1) is 0 Å². The molecule has 0 saturated carbocycles. The van der Waals surface area contributed by atoms with E-state index in [0.717, 1.165) is 32.4 Å². The van der Waals surface area contributed by atoms with Gasteiger partial charge in [0.2, 0.25) is 5.91 Å². The molecule has 1 amide bonds. The molecule has 3 heteroatoms. The molecule has 2 N–H and O–H groups in total. The van der Waals surface area contributed by atoms with Crippen molar-refractivity contribution in [2.45, 2.75) is 59.4 Å². The molecule has 0 rings (SSSR count). The number of carbonyl (C=O) groups is 1. The van der Waals surface area contributed by atoms with Crippen molar-refractivity contribution in [2.75, 3.05) is 13.1 Å². The monoisotopic (exact) mass is 228 g/mol. The van der Waals surface area contributed by atoms with Gasteiger partial charge in [-0.2, -0.15) is 0 Å². The molecule has 16 heavy (non-hydrogen) atoms. The van der Waals surface area contributed by atoms with Crippen molar-refractivity contribution in [1.82, 2.24) is 10.6 Å². The van der Waals surface area contributed by atoms with Crippen LogP contribution in [0.1, 0.15) is 53.4 Å². The summed E-state index contributed by atoms with van der Waals surface area (Å²) in [7, 11) is 0. The van der Waals surface area contributed by atoms with Gasteiger partial charge in [-0.15, -0.1) is 0 Å². The van der Waals surface area contributed by atoms with E-state index in [-0.39, 0.29) is 5.91 Å². The van der Waals surface area contributed by atoms with Crippen LogP contribution in [0.25, 0.3) is 0 Å². The van der Waals surface area contributed by atoms with Gasteiger partial charge in [-0.05, 0) is 18.9 Å². The Balaban J connectivity index is 3.44. The summed E-state index contributed by atoms with van der Waals surface area (Å²) in [6, 6.07) is 0.507. The molecule has 0 aromatic heterocycles. The molecule has 96 valence electrons. The highest BCUT2D eigenvalue weighted by molar-refractivity contribution is 5.75.